The molecule has 0 aromatic carbocycles. The van der Waals surface area contributed by atoms with Crippen LogP contribution in [0.3, 0.4) is 0 Å². The third-order valence-corrected chi connectivity index (χ3v) is 4.48. The summed E-state index contributed by atoms with van der Waals surface area (Å²) in [4.78, 5) is 55.8. The van der Waals surface area contributed by atoms with E-state index in [0.717, 1.165) is 0 Å². The van der Waals surface area contributed by atoms with E-state index in [-0.39, 0.29) is 31.2 Å². The van der Waals surface area contributed by atoms with Crippen molar-refractivity contribution >= 4 is 23.7 Å². The van der Waals surface area contributed by atoms with Crippen molar-refractivity contribution in [3.8, 4) is 0 Å². The number of carboxylic acids is 1. The Bertz CT molecular complexity index is 734. The Morgan fingerprint density at radius 2 is 1.52 bits per heavy atom. The van der Waals surface area contributed by atoms with Crippen LogP contribution in [0.1, 0.15) is 46.2 Å². The molecule has 1 aromatic rings. The topological polar surface area (TPSA) is 179 Å². The second-order valence-corrected chi connectivity index (χ2v) is 8.32. The Morgan fingerprint density at radius 1 is 0.968 bits per heavy atom. The zero-order valence-corrected chi connectivity index (χ0v) is 18.5. The molecule has 0 bridgehead atoms. The minimum Gasteiger partial charge on any atom is -0.480 e. The number of aromatic nitrogens is 2. The van der Waals surface area contributed by atoms with Crippen molar-refractivity contribution in [3.63, 3.8) is 0 Å². The lowest BCUT2D eigenvalue weighted by molar-refractivity contribution is -0.142. The third-order valence-electron chi connectivity index (χ3n) is 4.48. The molecular formula is C20H34N6O5. The zero-order chi connectivity index (χ0) is 23.6. The summed E-state index contributed by atoms with van der Waals surface area (Å²) >= 11 is 0. The Labute approximate surface area is 181 Å². The molecule has 0 saturated carbocycles. The second kappa shape index (κ2) is 12.7. The SMILES string of the molecule is CC(C)CC(NC(=O)C(Cc1cnc[nH]1)NC(=O)C(CC(C)C)NC(=O)CN)C(=O)O. The van der Waals surface area contributed by atoms with Crippen LogP contribution in [0.5, 0.6) is 0 Å². The van der Waals surface area contributed by atoms with E-state index < -0.39 is 41.8 Å². The average molecular weight is 439 g/mol. The first-order valence-corrected chi connectivity index (χ1v) is 10.3. The average Bonchev–Trinajstić information content (AvgIpc) is 3.18. The molecule has 31 heavy (non-hydrogen) atoms. The fourth-order valence-corrected chi connectivity index (χ4v) is 3.02. The molecule has 7 N–H and O–H groups in total. The number of hydrogen-bond acceptors (Lipinski definition) is 6. The summed E-state index contributed by atoms with van der Waals surface area (Å²) in [5, 5.41) is 17.1. The van der Waals surface area contributed by atoms with Gasteiger partial charge in [0.2, 0.25) is 17.7 Å². The predicted molar refractivity (Wildman–Crippen MR) is 114 cm³/mol. The van der Waals surface area contributed by atoms with E-state index in [2.05, 4.69) is 25.9 Å². The third kappa shape index (κ3) is 9.60. The Kier molecular flexibility index (Phi) is 10.7. The van der Waals surface area contributed by atoms with Gasteiger partial charge < -0.3 is 31.8 Å². The fraction of sp³-hybridized carbons (Fsp3) is 0.650. The van der Waals surface area contributed by atoms with Gasteiger partial charge >= 0.3 is 5.97 Å². The lowest BCUT2D eigenvalue weighted by atomic mass is 10.0. The quantitative estimate of drug-likeness (QED) is 0.241. The number of nitrogens with one attached hydrogen (secondary N) is 4. The summed E-state index contributed by atoms with van der Waals surface area (Å²) < 4.78 is 0. The highest BCUT2D eigenvalue weighted by molar-refractivity contribution is 5.93. The van der Waals surface area contributed by atoms with Crippen LogP contribution >= 0.6 is 0 Å². The molecular weight excluding hydrogens is 404 g/mol. The molecule has 0 spiro atoms. The van der Waals surface area contributed by atoms with Crippen LogP contribution in [0.15, 0.2) is 12.5 Å². The lowest BCUT2D eigenvalue weighted by Crippen LogP contribution is -2.57. The van der Waals surface area contributed by atoms with Gasteiger partial charge in [0.15, 0.2) is 0 Å². The first-order valence-electron chi connectivity index (χ1n) is 10.3. The standard InChI is InChI=1S/C20H34N6O5/c1-11(2)5-14(24-17(27)8-21)18(28)25-15(7-13-9-22-10-23-13)19(29)26-16(20(30)31)6-12(3)4/h9-12,14-16H,5-8,21H2,1-4H3,(H,22,23)(H,24,27)(H,25,28)(H,26,29)(H,30,31). The van der Waals surface area contributed by atoms with E-state index in [4.69, 9.17) is 5.73 Å². The van der Waals surface area contributed by atoms with Crippen LogP contribution in [0.25, 0.3) is 0 Å². The number of nitrogens with two attached hydrogens (primary N) is 1. The van der Waals surface area contributed by atoms with Crippen molar-refractivity contribution < 1.29 is 24.3 Å². The highest BCUT2D eigenvalue weighted by atomic mass is 16.4. The van der Waals surface area contributed by atoms with E-state index in [0.29, 0.717) is 12.1 Å². The molecule has 0 radical (unpaired) electrons. The van der Waals surface area contributed by atoms with Gasteiger partial charge in [-0.3, -0.25) is 14.4 Å². The molecule has 174 valence electrons. The second-order valence-electron chi connectivity index (χ2n) is 8.32. The molecule has 3 atom stereocenters. The molecule has 3 unspecified atom stereocenters. The number of aromatic amines is 1. The number of hydrogen-bond donors (Lipinski definition) is 6. The predicted octanol–water partition coefficient (Wildman–Crippen LogP) is -0.458. The number of amides is 3. The highest BCUT2D eigenvalue weighted by Crippen LogP contribution is 2.09. The number of rotatable bonds is 13. The number of imidazole rings is 1. The number of carbonyl (C=O) groups excluding carboxylic acids is 3. The molecule has 3 amide bonds. The summed E-state index contributed by atoms with van der Waals surface area (Å²) in [5.74, 6) is -2.68. The van der Waals surface area contributed by atoms with E-state index in [1.54, 1.807) is 0 Å². The normalized spacial score (nSPS) is 14.0. The lowest BCUT2D eigenvalue weighted by Gasteiger charge is -2.25. The van der Waals surface area contributed by atoms with Gasteiger partial charge in [0.25, 0.3) is 0 Å². The summed E-state index contributed by atoms with van der Waals surface area (Å²) in [7, 11) is 0. The van der Waals surface area contributed by atoms with Gasteiger partial charge in [0.1, 0.15) is 18.1 Å². The molecule has 0 fully saturated rings. The minimum absolute atomic E-state index is 0.0453. The van der Waals surface area contributed by atoms with Crippen LogP contribution in [-0.2, 0) is 25.6 Å². The highest BCUT2D eigenvalue weighted by Gasteiger charge is 2.30. The maximum absolute atomic E-state index is 12.9. The van der Waals surface area contributed by atoms with Crippen molar-refractivity contribution in [2.45, 2.75) is 65.1 Å². The fourth-order valence-electron chi connectivity index (χ4n) is 3.02. The summed E-state index contributed by atoms with van der Waals surface area (Å²) in [5.41, 5.74) is 5.93. The van der Waals surface area contributed by atoms with E-state index in [1.807, 2.05) is 27.7 Å². The molecule has 1 rings (SSSR count). The summed E-state index contributed by atoms with van der Waals surface area (Å²) in [6.45, 7) is 7.22. The van der Waals surface area contributed by atoms with Crippen LogP contribution in [0.2, 0.25) is 0 Å². The van der Waals surface area contributed by atoms with Gasteiger partial charge in [-0.15, -0.1) is 0 Å². The minimum atomic E-state index is -1.15. The zero-order valence-electron chi connectivity index (χ0n) is 18.5. The molecule has 0 aliphatic carbocycles. The van der Waals surface area contributed by atoms with E-state index >= 15 is 0 Å². The molecule has 11 heteroatoms. The van der Waals surface area contributed by atoms with E-state index in [9.17, 15) is 24.3 Å². The number of aliphatic carboxylic acids is 1. The first-order chi connectivity index (χ1) is 14.5. The Morgan fingerprint density at radius 3 is 2.00 bits per heavy atom. The van der Waals surface area contributed by atoms with Crippen molar-refractivity contribution in [2.75, 3.05) is 6.54 Å². The number of carbonyl (C=O) groups is 4. The Balaban J connectivity index is 3.02. The van der Waals surface area contributed by atoms with Gasteiger partial charge in [-0.1, -0.05) is 27.7 Å². The van der Waals surface area contributed by atoms with Crippen LogP contribution in [-0.4, -0.2) is 63.4 Å². The first kappa shape index (κ1) is 26.1. The van der Waals surface area contributed by atoms with Crippen molar-refractivity contribution in [2.24, 2.45) is 17.6 Å². The van der Waals surface area contributed by atoms with Crippen LogP contribution in [0.4, 0.5) is 0 Å². The maximum atomic E-state index is 12.9. The maximum Gasteiger partial charge on any atom is 0.326 e. The monoisotopic (exact) mass is 438 g/mol. The molecule has 11 nitrogen and oxygen atoms in total. The van der Waals surface area contributed by atoms with Crippen molar-refractivity contribution in [1.29, 1.82) is 0 Å². The summed E-state index contributed by atoms with van der Waals surface area (Å²) in [6, 6.07) is -3.03. The number of carboxylic acid groups (broad SMARTS) is 1. The molecule has 0 saturated heterocycles. The van der Waals surface area contributed by atoms with Gasteiger partial charge in [-0.25, -0.2) is 9.78 Å². The van der Waals surface area contributed by atoms with Crippen LogP contribution in [0, 0.1) is 11.8 Å². The van der Waals surface area contributed by atoms with Gasteiger partial charge in [-0.05, 0) is 24.7 Å². The molecule has 0 aliphatic rings. The molecule has 1 heterocycles. The Hall–Kier alpha value is -2.95. The van der Waals surface area contributed by atoms with Gasteiger partial charge in [0, 0.05) is 18.3 Å². The van der Waals surface area contributed by atoms with Crippen LogP contribution < -0.4 is 21.7 Å². The van der Waals surface area contributed by atoms with Gasteiger partial charge in [0.05, 0.1) is 12.9 Å². The van der Waals surface area contributed by atoms with Crippen molar-refractivity contribution in [1.82, 2.24) is 25.9 Å². The largest absolute Gasteiger partial charge is 0.480 e. The van der Waals surface area contributed by atoms with Gasteiger partial charge in [-0.2, -0.15) is 0 Å². The smallest absolute Gasteiger partial charge is 0.326 e. The molecule has 0 aliphatic heterocycles. The van der Waals surface area contributed by atoms with E-state index in [1.165, 1.54) is 12.5 Å². The number of nitrogens with zero attached hydrogens (tertiary/aromatic N) is 1. The number of H-pyrrole nitrogens is 1. The molecule has 1 aromatic heterocycles. The summed E-state index contributed by atoms with van der Waals surface area (Å²) in [6.07, 6.45) is 3.62. The van der Waals surface area contributed by atoms with Crippen molar-refractivity contribution in [3.05, 3.63) is 18.2 Å².